The molecule has 0 aromatic carbocycles. The Bertz CT molecular complexity index is 333. The van der Waals surface area contributed by atoms with Crippen LogP contribution in [0.2, 0.25) is 0 Å². The second-order valence-corrected chi connectivity index (χ2v) is 7.23. The second-order valence-electron chi connectivity index (χ2n) is 4.34. The van der Waals surface area contributed by atoms with E-state index in [-0.39, 0.29) is 0 Å². The van der Waals surface area contributed by atoms with Crippen molar-refractivity contribution in [1.82, 2.24) is 0 Å². The van der Waals surface area contributed by atoms with Crippen molar-refractivity contribution in [1.29, 1.82) is 0 Å². The van der Waals surface area contributed by atoms with E-state index in [0.717, 1.165) is 0 Å². The van der Waals surface area contributed by atoms with E-state index >= 15 is 0 Å². The number of alkyl halides is 9. The molecule has 0 amide bonds. The summed E-state index contributed by atoms with van der Waals surface area (Å²) in [6.45, 7) is -5.60. The van der Waals surface area contributed by atoms with Gasteiger partial charge in [0.1, 0.15) is 38.9 Å². The van der Waals surface area contributed by atoms with Gasteiger partial charge in [0.15, 0.2) is 7.14 Å². The van der Waals surface area contributed by atoms with E-state index < -0.39 is 64.5 Å². The molecule has 0 atom stereocenters. The Morgan fingerprint density at radius 3 is 0.957 bits per heavy atom. The standard InChI is InChI=1S/C9H12F9O4P/c10-7(11,12)1-20-4-23(19,5-21-2-8(13,14)15)6-22-3-9(16,17)18/h1-6H2. The van der Waals surface area contributed by atoms with Crippen LogP contribution in [0.1, 0.15) is 0 Å². The van der Waals surface area contributed by atoms with Crippen molar-refractivity contribution in [3.63, 3.8) is 0 Å². The lowest BCUT2D eigenvalue weighted by Gasteiger charge is -2.20. The van der Waals surface area contributed by atoms with Crippen LogP contribution in [0, 0.1) is 0 Å². The summed E-state index contributed by atoms with van der Waals surface area (Å²) in [4.78, 5) is 0. The summed E-state index contributed by atoms with van der Waals surface area (Å²) in [6.07, 6.45) is -18.1. The van der Waals surface area contributed by atoms with Crippen LogP contribution >= 0.6 is 7.14 Å². The van der Waals surface area contributed by atoms with Crippen molar-refractivity contribution < 1.29 is 58.3 Å². The number of hydrogen-bond acceptors (Lipinski definition) is 4. The average molecular weight is 386 g/mol. The second kappa shape index (κ2) is 8.54. The van der Waals surface area contributed by atoms with Gasteiger partial charge in [0.25, 0.3) is 0 Å². The SMILES string of the molecule is O=P(COCC(F)(F)F)(COCC(F)(F)F)COCC(F)(F)F. The predicted molar refractivity (Wildman–Crippen MR) is 58.2 cm³/mol. The van der Waals surface area contributed by atoms with Crippen LogP contribution in [0.4, 0.5) is 39.5 Å². The normalized spacial score (nSPS) is 14.3. The molecule has 14 heteroatoms. The van der Waals surface area contributed by atoms with Crippen LogP contribution in [-0.2, 0) is 18.8 Å². The Morgan fingerprint density at radius 1 is 0.565 bits per heavy atom. The summed E-state index contributed by atoms with van der Waals surface area (Å²) < 4.78 is 131. The quantitative estimate of drug-likeness (QED) is 0.445. The first-order valence-corrected chi connectivity index (χ1v) is 7.89. The molecule has 23 heavy (non-hydrogen) atoms. The van der Waals surface area contributed by atoms with Crippen molar-refractivity contribution in [3.8, 4) is 0 Å². The fourth-order valence-corrected chi connectivity index (χ4v) is 2.59. The van der Waals surface area contributed by atoms with E-state index in [1.165, 1.54) is 0 Å². The van der Waals surface area contributed by atoms with E-state index in [4.69, 9.17) is 0 Å². The summed E-state index contributed by atoms with van der Waals surface area (Å²) >= 11 is 0. The first-order chi connectivity index (χ1) is 10.1. The molecule has 0 spiro atoms. The molecule has 0 saturated heterocycles. The van der Waals surface area contributed by atoms with Crippen molar-refractivity contribution in [2.75, 3.05) is 38.9 Å². The number of hydrogen-bond donors (Lipinski definition) is 0. The molecule has 0 aliphatic heterocycles. The first kappa shape index (κ1) is 22.5. The van der Waals surface area contributed by atoms with Crippen molar-refractivity contribution in [2.24, 2.45) is 0 Å². The minimum atomic E-state index is -4.80. The highest BCUT2D eigenvalue weighted by atomic mass is 31.2. The van der Waals surface area contributed by atoms with Crippen LogP contribution in [0.25, 0.3) is 0 Å². The minimum Gasteiger partial charge on any atom is -0.364 e. The molecule has 0 radical (unpaired) electrons. The van der Waals surface area contributed by atoms with E-state index in [1.54, 1.807) is 0 Å². The van der Waals surface area contributed by atoms with Crippen molar-refractivity contribution >= 4 is 7.14 Å². The van der Waals surface area contributed by atoms with Gasteiger partial charge in [0.05, 0.1) is 0 Å². The zero-order chi connectivity index (χ0) is 18.4. The van der Waals surface area contributed by atoms with E-state index in [0.29, 0.717) is 0 Å². The summed E-state index contributed by atoms with van der Waals surface area (Å²) in [6, 6.07) is 0. The lowest BCUT2D eigenvalue weighted by atomic mass is 10.7. The lowest BCUT2D eigenvalue weighted by molar-refractivity contribution is -0.173. The fraction of sp³-hybridized carbons (Fsp3) is 1.00. The lowest BCUT2D eigenvalue weighted by Crippen LogP contribution is -2.22. The maximum atomic E-state index is 12.0. The molecule has 0 aliphatic carbocycles. The zero-order valence-corrected chi connectivity index (χ0v) is 12.1. The number of rotatable bonds is 9. The summed E-state index contributed by atoms with van der Waals surface area (Å²) in [5.41, 5.74) is 0. The number of halogens is 9. The summed E-state index contributed by atoms with van der Waals surface area (Å²) in [5.74, 6) is 0. The molecule has 0 saturated carbocycles. The highest BCUT2D eigenvalue weighted by Gasteiger charge is 2.34. The molecule has 0 fully saturated rings. The van der Waals surface area contributed by atoms with Crippen LogP contribution in [0.15, 0.2) is 0 Å². The Morgan fingerprint density at radius 2 is 0.783 bits per heavy atom. The molecular weight excluding hydrogens is 374 g/mol. The molecule has 0 aromatic heterocycles. The van der Waals surface area contributed by atoms with Gasteiger partial charge in [0.2, 0.25) is 0 Å². The first-order valence-electron chi connectivity index (χ1n) is 5.62. The topological polar surface area (TPSA) is 44.8 Å². The highest BCUT2D eigenvalue weighted by Crippen LogP contribution is 2.46. The maximum absolute atomic E-state index is 12.0. The smallest absolute Gasteiger partial charge is 0.364 e. The zero-order valence-electron chi connectivity index (χ0n) is 11.2. The van der Waals surface area contributed by atoms with Crippen LogP contribution in [0.5, 0.6) is 0 Å². The molecule has 0 unspecified atom stereocenters. The third-order valence-corrected chi connectivity index (χ3v) is 3.74. The van der Waals surface area contributed by atoms with Crippen molar-refractivity contribution in [2.45, 2.75) is 18.5 Å². The minimum absolute atomic E-state index is 1.23. The van der Waals surface area contributed by atoms with Gasteiger partial charge in [0, 0.05) is 0 Å². The molecule has 0 rings (SSSR count). The molecule has 0 aliphatic rings. The summed E-state index contributed by atoms with van der Waals surface area (Å²) in [7, 11) is -4.14. The van der Waals surface area contributed by atoms with E-state index in [1.807, 2.05) is 0 Å². The Kier molecular flexibility index (Phi) is 8.35. The molecule has 0 aromatic rings. The monoisotopic (exact) mass is 386 g/mol. The maximum Gasteiger partial charge on any atom is 0.411 e. The Balaban J connectivity index is 4.53. The predicted octanol–water partition coefficient (Wildman–Crippen LogP) is 3.96. The van der Waals surface area contributed by atoms with Gasteiger partial charge in [-0.2, -0.15) is 39.5 Å². The summed E-state index contributed by atoms with van der Waals surface area (Å²) in [5, 5.41) is 0. The molecule has 0 bridgehead atoms. The number of ether oxygens (including phenoxy) is 3. The molecule has 140 valence electrons. The van der Waals surface area contributed by atoms with Gasteiger partial charge in [-0.25, -0.2) is 0 Å². The van der Waals surface area contributed by atoms with Gasteiger partial charge >= 0.3 is 18.5 Å². The Labute approximate surface area is 124 Å². The van der Waals surface area contributed by atoms with Gasteiger partial charge in [-0.1, -0.05) is 0 Å². The van der Waals surface area contributed by atoms with Gasteiger partial charge in [-0.05, 0) is 0 Å². The third-order valence-electron chi connectivity index (χ3n) is 1.78. The third kappa shape index (κ3) is 14.8. The van der Waals surface area contributed by atoms with Gasteiger partial charge in [-0.15, -0.1) is 0 Å². The molecule has 4 nitrogen and oxygen atoms in total. The van der Waals surface area contributed by atoms with Crippen LogP contribution < -0.4 is 0 Å². The molecule has 0 heterocycles. The fourth-order valence-electron chi connectivity index (χ4n) is 1.10. The van der Waals surface area contributed by atoms with E-state index in [9.17, 15) is 44.1 Å². The van der Waals surface area contributed by atoms with Gasteiger partial charge in [-0.3, -0.25) is 0 Å². The molecule has 0 N–H and O–H groups in total. The van der Waals surface area contributed by atoms with Crippen molar-refractivity contribution in [3.05, 3.63) is 0 Å². The largest absolute Gasteiger partial charge is 0.411 e. The highest BCUT2D eigenvalue weighted by molar-refractivity contribution is 7.63. The Hall–Kier alpha value is -0.520. The van der Waals surface area contributed by atoms with Crippen LogP contribution in [0.3, 0.4) is 0 Å². The average Bonchev–Trinajstić information content (AvgIpc) is 2.22. The molecular formula is C9H12F9O4P. The van der Waals surface area contributed by atoms with Gasteiger partial charge < -0.3 is 18.8 Å². The van der Waals surface area contributed by atoms with Crippen LogP contribution in [-0.4, -0.2) is 57.4 Å². The van der Waals surface area contributed by atoms with E-state index in [2.05, 4.69) is 14.2 Å².